The van der Waals surface area contributed by atoms with Gasteiger partial charge in [0.15, 0.2) is 5.96 Å². The van der Waals surface area contributed by atoms with E-state index in [0.29, 0.717) is 19.1 Å². The Labute approximate surface area is 203 Å². The second-order valence-electron chi connectivity index (χ2n) is 7.87. The smallest absolute Gasteiger partial charge is 0.194 e. The number of piperidine rings is 1. The molecule has 0 bridgehead atoms. The van der Waals surface area contributed by atoms with Crippen molar-refractivity contribution >= 4 is 29.9 Å². The second kappa shape index (κ2) is 13.0. The number of nitrogens with zero attached hydrogens (tertiary/aromatic N) is 2. The number of guanidine groups is 1. The summed E-state index contributed by atoms with van der Waals surface area (Å²) in [6.45, 7) is 7.83. The molecule has 1 fully saturated rings. The van der Waals surface area contributed by atoms with Crippen LogP contribution in [-0.2, 0) is 16.8 Å². The first-order valence-corrected chi connectivity index (χ1v) is 11.1. The van der Waals surface area contributed by atoms with Gasteiger partial charge in [0.1, 0.15) is 5.60 Å². The van der Waals surface area contributed by atoms with Crippen molar-refractivity contribution in [2.24, 2.45) is 4.99 Å². The first kappa shape index (κ1) is 25.6. The van der Waals surface area contributed by atoms with Crippen molar-refractivity contribution in [3.8, 4) is 0 Å². The van der Waals surface area contributed by atoms with Gasteiger partial charge in [-0.25, -0.2) is 4.99 Å². The molecule has 0 aliphatic carbocycles. The zero-order valence-corrected chi connectivity index (χ0v) is 21.0. The van der Waals surface area contributed by atoms with Crippen molar-refractivity contribution in [3.63, 3.8) is 0 Å². The average molecular weight is 537 g/mol. The predicted octanol–water partition coefficient (Wildman–Crippen LogP) is 4.20. The Hall–Kier alpha value is -1.64. The van der Waals surface area contributed by atoms with E-state index < -0.39 is 5.60 Å². The number of hydrogen-bond acceptors (Lipinski definition) is 3. The molecule has 3 rings (SSSR count). The predicted molar refractivity (Wildman–Crippen MR) is 138 cm³/mol. The van der Waals surface area contributed by atoms with E-state index in [4.69, 9.17) is 9.73 Å². The molecule has 0 spiro atoms. The highest BCUT2D eigenvalue weighted by Gasteiger charge is 2.30. The van der Waals surface area contributed by atoms with E-state index >= 15 is 0 Å². The zero-order valence-electron chi connectivity index (χ0n) is 18.7. The number of ether oxygens (including phenoxy) is 1. The lowest BCUT2D eigenvalue weighted by atomic mass is 9.87. The van der Waals surface area contributed by atoms with Gasteiger partial charge in [-0.2, -0.15) is 0 Å². The Morgan fingerprint density at radius 2 is 1.68 bits per heavy atom. The van der Waals surface area contributed by atoms with Gasteiger partial charge in [0.2, 0.25) is 0 Å². The maximum absolute atomic E-state index is 11.7. The zero-order chi connectivity index (χ0) is 21.2. The van der Waals surface area contributed by atoms with Crippen molar-refractivity contribution in [1.29, 1.82) is 0 Å². The van der Waals surface area contributed by atoms with E-state index in [1.54, 1.807) is 0 Å². The first-order chi connectivity index (χ1) is 14.6. The molecule has 1 atom stereocenters. The Kier molecular flexibility index (Phi) is 10.8. The minimum absolute atomic E-state index is 0. The molecule has 2 aromatic rings. The summed E-state index contributed by atoms with van der Waals surface area (Å²) in [5.74, 6) is 0.870. The Balaban J connectivity index is 0.00000341. The van der Waals surface area contributed by atoms with Crippen LogP contribution in [0.1, 0.15) is 37.8 Å². The highest BCUT2D eigenvalue weighted by atomic mass is 127. The summed E-state index contributed by atoms with van der Waals surface area (Å²) < 4.78 is 5.78. The van der Waals surface area contributed by atoms with Crippen LogP contribution in [0.4, 0.5) is 0 Å². The minimum atomic E-state index is -1.06. The van der Waals surface area contributed by atoms with Gasteiger partial charge >= 0.3 is 0 Å². The monoisotopic (exact) mass is 537 g/mol. The molecule has 0 saturated carbocycles. The van der Waals surface area contributed by atoms with Crippen LogP contribution in [0.3, 0.4) is 0 Å². The Morgan fingerprint density at radius 1 is 1.06 bits per heavy atom. The van der Waals surface area contributed by atoms with Gasteiger partial charge in [-0.3, -0.25) is 0 Å². The maximum Gasteiger partial charge on any atom is 0.194 e. The fraction of sp³-hybridized carbons (Fsp3) is 0.480. The summed E-state index contributed by atoms with van der Waals surface area (Å²) in [5, 5.41) is 15.1. The van der Waals surface area contributed by atoms with Gasteiger partial charge in [0.25, 0.3) is 0 Å². The third kappa shape index (κ3) is 7.47. The first-order valence-electron chi connectivity index (χ1n) is 11.1. The molecule has 2 N–H and O–H groups in total. The second-order valence-corrected chi connectivity index (χ2v) is 7.87. The van der Waals surface area contributed by atoms with Crippen molar-refractivity contribution in [2.75, 3.05) is 32.8 Å². The lowest BCUT2D eigenvalue weighted by Crippen LogP contribution is -2.47. The number of aliphatic imine (C=N–C) groups is 1. The Bertz CT molecular complexity index is 780. The van der Waals surface area contributed by atoms with E-state index in [1.807, 2.05) is 48.5 Å². The molecule has 5 nitrogen and oxygen atoms in total. The Morgan fingerprint density at radius 3 is 2.26 bits per heavy atom. The fourth-order valence-electron chi connectivity index (χ4n) is 4.03. The third-order valence-electron chi connectivity index (χ3n) is 5.62. The number of rotatable bonds is 8. The van der Waals surface area contributed by atoms with Crippen LogP contribution in [0, 0.1) is 0 Å². The van der Waals surface area contributed by atoms with E-state index in [-0.39, 0.29) is 24.0 Å². The molecule has 1 aliphatic heterocycles. The molecule has 0 aromatic heterocycles. The molecule has 1 aliphatic rings. The van der Waals surface area contributed by atoms with Crippen LogP contribution in [0.25, 0.3) is 0 Å². The van der Waals surface area contributed by atoms with Crippen molar-refractivity contribution < 1.29 is 9.84 Å². The summed E-state index contributed by atoms with van der Waals surface area (Å²) in [6, 6.07) is 20.0. The van der Waals surface area contributed by atoms with Gasteiger partial charge in [-0.15, -0.1) is 24.0 Å². The van der Waals surface area contributed by atoms with Crippen LogP contribution >= 0.6 is 24.0 Å². The molecule has 6 heteroatoms. The van der Waals surface area contributed by atoms with Crippen LogP contribution in [0.5, 0.6) is 0 Å². The third-order valence-corrected chi connectivity index (χ3v) is 5.62. The average Bonchev–Trinajstić information content (AvgIpc) is 2.79. The molecule has 1 unspecified atom stereocenters. The standard InChI is InChI=1S/C25H35N3O2.HI/c1-3-26-24(28-17-15-23(16-18-28)30-4-2)27-20-25(29,22-13-9-6-10-14-22)19-21-11-7-5-8-12-21;/h5-14,23,29H,3-4,15-20H2,1-2H3,(H,26,27);1H. The molecule has 2 aromatic carbocycles. The van der Waals surface area contributed by atoms with Gasteiger partial charge < -0.3 is 20.1 Å². The number of aliphatic hydroxyl groups is 1. The van der Waals surface area contributed by atoms with E-state index in [9.17, 15) is 5.11 Å². The number of nitrogens with one attached hydrogen (secondary N) is 1. The molecule has 31 heavy (non-hydrogen) atoms. The summed E-state index contributed by atoms with van der Waals surface area (Å²) in [6.07, 6.45) is 2.87. The van der Waals surface area contributed by atoms with Crippen LogP contribution in [0.2, 0.25) is 0 Å². The number of likely N-dealkylation sites (tertiary alicyclic amines) is 1. The highest BCUT2D eigenvalue weighted by Crippen LogP contribution is 2.27. The quantitative estimate of drug-likeness (QED) is 0.301. The summed E-state index contributed by atoms with van der Waals surface area (Å²) in [7, 11) is 0. The fourth-order valence-corrected chi connectivity index (χ4v) is 4.03. The van der Waals surface area contributed by atoms with Gasteiger partial charge in [0, 0.05) is 32.7 Å². The summed E-state index contributed by atoms with van der Waals surface area (Å²) >= 11 is 0. The normalized spacial score (nSPS) is 17.0. The van der Waals surface area contributed by atoms with E-state index in [0.717, 1.165) is 56.2 Å². The van der Waals surface area contributed by atoms with Crippen molar-refractivity contribution in [3.05, 3.63) is 71.8 Å². The van der Waals surface area contributed by atoms with Crippen molar-refractivity contribution in [2.45, 2.75) is 44.8 Å². The number of benzene rings is 2. The van der Waals surface area contributed by atoms with Crippen LogP contribution in [-0.4, -0.2) is 54.9 Å². The van der Waals surface area contributed by atoms with Gasteiger partial charge in [-0.1, -0.05) is 60.7 Å². The molecule has 0 amide bonds. The van der Waals surface area contributed by atoms with Crippen LogP contribution in [0.15, 0.2) is 65.7 Å². The molecule has 170 valence electrons. The van der Waals surface area contributed by atoms with Gasteiger partial charge in [0.05, 0.1) is 12.6 Å². The SMILES string of the molecule is CCNC(=NCC(O)(Cc1ccccc1)c1ccccc1)N1CCC(OCC)CC1.I. The lowest BCUT2D eigenvalue weighted by molar-refractivity contribution is 0.0257. The van der Waals surface area contributed by atoms with Gasteiger partial charge in [-0.05, 0) is 37.8 Å². The number of halogens is 1. The molecule has 1 saturated heterocycles. The number of hydrogen-bond donors (Lipinski definition) is 2. The highest BCUT2D eigenvalue weighted by molar-refractivity contribution is 14.0. The molecular formula is C25H36IN3O2. The maximum atomic E-state index is 11.7. The van der Waals surface area contributed by atoms with Crippen LogP contribution < -0.4 is 5.32 Å². The van der Waals surface area contributed by atoms with E-state index in [2.05, 4.69) is 36.2 Å². The topological polar surface area (TPSA) is 57.1 Å². The van der Waals surface area contributed by atoms with Crippen molar-refractivity contribution in [1.82, 2.24) is 10.2 Å². The molecular weight excluding hydrogens is 501 g/mol. The molecule has 0 radical (unpaired) electrons. The molecule has 1 heterocycles. The van der Waals surface area contributed by atoms with E-state index in [1.165, 1.54) is 0 Å². The minimum Gasteiger partial charge on any atom is -0.383 e. The largest absolute Gasteiger partial charge is 0.383 e. The lowest BCUT2D eigenvalue weighted by Gasteiger charge is -2.35. The summed E-state index contributed by atoms with van der Waals surface area (Å²) in [4.78, 5) is 7.18. The summed E-state index contributed by atoms with van der Waals surface area (Å²) in [5.41, 5.74) is 0.928.